The fraction of sp³-hybridized carbons (Fsp3) is 0. The first-order chi connectivity index (χ1) is 7.92. The Kier molecular flexibility index (Phi) is 2.04. The number of para-hydroxylation sites is 1. The summed E-state index contributed by atoms with van der Waals surface area (Å²) in [6, 6.07) is 13.9. The monoisotopic (exact) mass is 211 g/mol. The molecule has 78 valence electrons. The number of oxazole rings is 1. The van der Waals surface area contributed by atoms with Crippen LogP contribution in [0.3, 0.4) is 0 Å². The number of pyridine rings is 1. The Morgan fingerprint density at radius 2 is 1.88 bits per heavy atom. The fourth-order valence-electron chi connectivity index (χ4n) is 1.47. The first kappa shape index (κ1) is 8.91. The SMILES string of the molecule is c1ccc(Nc2nc3cccnc3o2)cc1. The van der Waals surface area contributed by atoms with Crippen LogP contribution in [0.15, 0.2) is 53.1 Å². The summed E-state index contributed by atoms with van der Waals surface area (Å²) in [5, 5.41) is 3.08. The molecule has 0 aliphatic heterocycles. The number of nitrogens with zero attached hydrogens (tertiary/aromatic N) is 2. The molecule has 3 rings (SSSR count). The second-order valence-corrected chi connectivity index (χ2v) is 3.34. The van der Waals surface area contributed by atoms with E-state index in [1.807, 2.05) is 42.5 Å². The molecule has 0 saturated carbocycles. The number of hydrogen-bond acceptors (Lipinski definition) is 4. The summed E-state index contributed by atoms with van der Waals surface area (Å²) < 4.78 is 5.44. The van der Waals surface area contributed by atoms with Gasteiger partial charge in [-0.2, -0.15) is 4.98 Å². The van der Waals surface area contributed by atoms with Gasteiger partial charge in [-0.25, -0.2) is 4.98 Å². The first-order valence-electron chi connectivity index (χ1n) is 4.95. The third-order valence-corrected chi connectivity index (χ3v) is 2.19. The minimum Gasteiger partial charge on any atom is -0.404 e. The minimum absolute atomic E-state index is 0.458. The molecule has 0 radical (unpaired) electrons. The maximum absolute atomic E-state index is 5.44. The van der Waals surface area contributed by atoms with Crippen LogP contribution in [0.25, 0.3) is 11.2 Å². The van der Waals surface area contributed by atoms with E-state index in [4.69, 9.17) is 4.42 Å². The number of anilines is 2. The summed E-state index contributed by atoms with van der Waals surface area (Å²) in [5.74, 6) is 0. The third kappa shape index (κ3) is 1.61. The van der Waals surface area contributed by atoms with Crippen molar-refractivity contribution in [2.45, 2.75) is 0 Å². The van der Waals surface area contributed by atoms with Crippen molar-refractivity contribution in [3.8, 4) is 0 Å². The summed E-state index contributed by atoms with van der Waals surface area (Å²) >= 11 is 0. The predicted molar refractivity (Wildman–Crippen MR) is 61.5 cm³/mol. The molecule has 1 aromatic carbocycles. The molecule has 3 aromatic rings. The number of fused-ring (bicyclic) bond motifs is 1. The highest BCUT2D eigenvalue weighted by Gasteiger charge is 2.05. The average molecular weight is 211 g/mol. The van der Waals surface area contributed by atoms with E-state index < -0.39 is 0 Å². The van der Waals surface area contributed by atoms with Crippen molar-refractivity contribution in [2.24, 2.45) is 0 Å². The van der Waals surface area contributed by atoms with Gasteiger partial charge in [0.1, 0.15) is 5.52 Å². The number of aromatic nitrogens is 2. The van der Waals surface area contributed by atoms with Gasteiger partial charge in [-0.05, 0) is 24.3 Å². The van der Waals surface area contributed by atoms with Gasteiger partial charge in [0.2, 0.25) is 5.71 Å². The van der Waals surface area contributed by atoms with E-state index in [1.54, 1.807) is 6.20 Å². The number of nitrogens with one attached hydrogen (secondary N) is 1. The van der Waals surface area contributed by atoms with Crippen LogP contribution in [0, 0.1) is 0 Å². The molecule has 0 bridgehead atoms. The molecule has 4 nitrogen and oxygen atoms in total. The normalized spacial score (nSPS) is 10.5. The van der Waals surface area contributed by atoms with Gasteiger partial charge in [-0.1, -0.05) is 18.2 Å². The summed E-state index contributed by atoms with van der Waals surface area (Å²) in [6.07, 6.45) is 1.68. The molecule has 1 N–H and O–H groups in total. The van der Waals surface area contributed by atoms with E-state index in [-0.39, 0.29) is 0 Å². The van der Waals surface area contributed by atoms with Gasteiger partial charge in [0.05, 0.1) is 0 Å². The van der Waals surface area contributed by atoms with E-state index in [9.17, 15) is 0 Å². The lowest BCUT2D eigenvalue weighted by molar-refractivity contribution is 0.611. The van der Waals surface area contributed by atoms with Crippen LogP contribution in [-0.2, 0) is 0 Å². The zero-order chi connectivity index (χ0) is 10.8. The summed E-state index contributed by atoms with van der Waals surface area (Å²) in [7, 11) is 0. The Hall–Kier alpha value is -2.36. The lowest BCUT2D eigenvalue weighted by atomic mass is 10.3. The van der Waals surface area contributed by atoms with E-state index in [1.165, 1.54) is 0 Å². The maximum Gasteiger partial charge on any atom is 0.301 e. The van der Waals surface area contributed by atoms with Crippen molar-refractivity contribution in [1.82, 2.24) is 9.97 Å². The standard InChI is InChI=1S/C12H9N3O/c1-2-5-9(6-3-1)14-12-15-10-7-4-8-13-11(10)16-12/h1-8H,(H,14,15). The van der Waals surface area contributed by atoms with Gasteiger partial charge in [-0.15, -0.1) is 0 Å². The molecule has 0 unspecified atom stereocenters. The van der Waals surface area contributed by atoms with Gasteiger partial charge in [-0.3, -0.25) is 0 Å². The molecule has 0 fully saturated rings. The Labute approximate surface area is 92.0 Å². The largest absolute Gasteiger partial charge is 0.404 e. The van der Waals surface area contributed by atoms with E-state index in [2.05, 4.69) is 15.3 Å². The molecule has 2 heterocycles. The second-order valence-electron chi connectivity index (χ2n) is 3.34. The van der Waals surface area contributed by atoms with Crippen LogP contribution in [0.1, 0.15) is 0 Å². The molecule has 0 amide bonds. The lowest BCUT2D eigenvalue weighted by Crippen LogP contribution is -1.88. The van der Waals surface area contributed by atoms with Crippen molar-refractivity contribution in [3.63, 3.8) is 0 Å². The van der Waals surface area contributed by atoms with Crippen LogP contribution >= 0.6 is 0 Å². The molecule has 0 atom stereocenters. The molecule has 16 heavy (non-hydrogen) atoms. The average Bonchev–Trinajstić information content (AvgIpc) is 2.72. The Bertz CT molecular complexity index is 571. The van der Waals surface area contributed by atoms with E-state index >= 15 is 0 Å². The first-order valence-corrected chi connectivity index (χ1v) is 4.95. The van der Waals surface area contributed by atoms with Crippen molar-refractivity contribution in [3.05, 3.63) is 48.7 Å². The topological polar surface area (TPSA) is 51.0 Å². The Morgan fingerprint density at radius 1 is 1.00 bits per heavy atom. The number of hydrogen-bond donors (Lipinski definition) is 1. The zero-order valence-corrected chi connectivity index (χ0v) is 8.42. The highest BCUT2D eigenvalue weighted by molar-refractivity contribution is 5.70. The molecular weight excluding hydrogens is 202 g/mol. The van der Waals surface area contributed by atoms with E-state index in [0.29, 0.717) is 11.7 Å². The smallest absolute Gasteiger partial charge is 0.301 e. The van der Waals surface area contributed by atoms with Crippen molar-refractivity contribution >= 4 is 22.9 Å². The van der Waals surface area contributed by atoms with Crippen LogP contribution in [-0.4, -0.2) is 9.97 Å². The van der Waals surface area contributed by atoms with Gasteiger partial charge >= 0.3 is 6.01 Å². The van der Waals surface area contributed by atoms with Crippen molar-refractivity contribution in [2.75, 3.05) is 5.32 Å². The van der Waals surface area contributed by atoms with Crippen molar-refractivity contribution < 1.29 is 4.42 Å². The number of rotatable bonds is 2. The molecule has 0 aliphatic rings. The van der Waals surface area contributed by atoms with Gasteiger partial charge in [0, 0.05) is 11.9 Å². The Balaban J connectivity index is 1.95. The Morgan fingerprint density at radius 3 is 2.69 bits per heavy atom. The summed E-state index contributed by atoms with van der Waals surface area (Å²) in [5.41, 5.74) is 2.23. The lowest BCUT2D eigenvalue weighted by Gasteiger charge is -1.98. The second kappa shape index (κ2) is 3.66. The van der Waals surface area contributed by atoms with Crippen LogP contribution in [0.4, 0.5) is 11.7 Å². The van der Waals surface area contributed by atoms with Crippen molar-refractivity contribution in [1.29, 1.82) is 0 Å². The summed E-state index contributed by atoms with van der Waals surface area (Å²) in [6.45, 7) is 0. The van der Waals surface area contributed by atoms with Crippen LogP contribution in [0.2, 0.25) is 0 Å². The molecule has 0 aliphatic carbocycles. The van der Waals surface area contributed by atoms with Gasteiger partial charge in [0.25, 0.3) is 0 Å². The third-order valence-electron chi connectivity index (χ3n) is 2.19. The molecular formula is C12H9N3O. The molecule has 0 saturated heterocycles. The molecule has 0 spiro atoms. The van der Waals surface area contributed by atoms with Gasteiger partial charge in [0.15, 0.2) is 0 Å². The maximum atomic E-state index is 5.44. The summed E-state index contributed by atoms with van der Waals surface area (Å²) in [4.78, 5) is 8.34. The fourth-order valence-corrected chi connectivity index (χ4v) is 1.47. The molecule has 4 heteroatoms. The number of benzene rings is 1. The predicted octanol–water partition coefficient (Wildman–Crippen LogP) is 2.97. The van der Waals surface area contributed by atoms with Crippen LogP contribution < -0.4 is 5.32 Å². The zero-order valence-electron chi connectivity index (χ0n) is 8.42. The van der Waals surface area contributed by atoms with Crippen LogP contribution in [0.5, 0.6) is 0 Å². The highest BCUT2D eigenvalue weighted by Crippen LogP contribution is 2.19. The molecule has 2 aromatic heterocycles. The minimum atomic E-state index is 0.458. The van der Waals surface area contributed by atoms with Gasteiger partial charge < -0.3 is 9.73 Å². The van der Waals surface area contributed by atoms with E-state index in [0.717, 1.165) is 11.2 Å². The quantitative estimate of drug-likeness (QED) is 0.708. The highest BCUT2D eigenvalue weighted by atomic mass is 16.4.